The fourth-order valence-electron chi connectivity index (χ4n) is 8.20. The molecule has 0 aromatic heterocycles. The lowest BCUT2D eigenvalue weighted by Crippen LogP contribution is -2.20. The summed E-state index contributed by atoms with van der Waals surface area (Å²) in [5.41, 5.74) is 9.92. The van der Waals surface area contributed by atoms with Gasteiger partial charge in [-0.25, -0.2) is 0 Å². The first-order chi connectivity index (χ1) is 28.7. The monoisotopic (exact) mass is 747 g/mol. The van der Waals surface area contributed by atoms with Crippen molar-refractivity contribution in [3.63, 3.8) is 0 Å². The fourth-order valence-corrected chi connectivity index (χ4v) is 8.20. The summed E-state index contributed by atoms with van der Waals surface area (Å²) in [6.07, 6.45) is 0. The third-order valence-electron chi connectivity index (χ3n) is 10.7. The summed E-state index contributed by atoms with van der Waals surface area (Å²) in [5, 5.41) is 20.6. The maximum absolute atomic E-state index is 10.3. The predicted octanol–water partition coefficient (Wildman–Crippen LogP) is 13.8. The van der Waals surface area contributed by atoms with Gasteiger partial charge < -0.3 is 28.9 Å². The Kier molecular flexibility index (Phi) is 7.43. The topological polar surface area (TPSA) is 85.0 Å². The lowest BCUT2D eigenvalue weighted by atomic mass is 9.93. The van der Waals surface area contributed by atoms with Crippen LogP contribution < -0.4 is 28.9 Å². The number of anilines is 9. The Labute approximate surface area is 334 Å². The van der Waals surface area contributed by atoms with Crippen LogP contribution in [-0.2, 0) is 0 Å². The second kappa shape index (κ2) is 13.1. The Hall–Kier alpha value is -8.46. The van der Waals surface area contributed by atoms with Gasteiger partial charge >= 0.3 is 0 Å². The quantitative estimate of drug-likeness (QED) is 0.176. The molecule has 0 amide bonds. The molecule has 0 aliphatic carbocycles. The summed E-state index contributed by atoms with van der Waals surface area (Å²) >= 11 is 0. The Bertz CT molecular complexity index is 2800. The Morgan fingerprint density at radius 2 is 0.690 bits per heavy atom. The summed E-state index contributed by atoms with van der Waals surface area (Å²) in [6, 6.07) is 62.2. The smallest absolute Gasteiger partial charge is 0.153 e. The summed E-state index contributed by atoms with van der Waals surface area (Å²) in [6.45, 7) is 0. The van der Waals surface area contributed by atoms with Crippen LogP contribution in [0.5, 0.6) is 34.5 Å². The van der Waals surface area contributed by atoms with E-state index in [2.05, 4.69) is 63.2 Å². The van der Waals surface area contributed by atoms with Crippen LogP contribution >= 0.6 is 0 Å². The molecule has 11 rings (SSSR count). The number of rotatable bonds is 4. The van der Waals surface area contributed by atoms with Crippen LogP contribution in [0.15, 0.2) is 176 Å². The van der Waals surface area contributed by atoms with Gasteiger partial charge in [0.1, 0.15) is 0 Å². The van der Waals surface area contributed by atoms with E-state index in [4.69, 9.17) is 14.2 Å². The number of hydrogen-bond acceptors (Lipinski definition) is 8. The first-order valence-electron chi connectivity index (χ1n) is 18.8. The highest BCUT2D eigenvalue weighted by Gasteiger charge is 2.33. The number of benzene rings is 8. The van der Waals surface area contributed by atoms with Crippen LogP contribution in [0.25, 0.3) is 11.1 Å². The second-order valence-corrected chi connectivity index (χ2v) is 14.0. The van der Waals surface area contributed by atoms with Gasteiger partial charge in [-0.3, -0.25) is 0 Å². The van der Waals surface area contributed by atoms with Crippen LogP contribution in [-0.4, -0.2) is 0 Å². The van der Waals surface area contributed by atoms with Crippen molar-refractivity contribution in [2.75, 3.05) is 14.7 Å². The van der Waals surface area contributed by atoms with Crippen LogP contribution in [0.4, 0.5) is 51.2 Å². The van der Waals surface area contributed by atoms with E-state index >= 15 is 0 Å². The van der Waals surface area contributed by atoms with Crippen molar-refractivity contribution in [1.29, 1.82) is 10.5 Å². The molecule has 3 heterocycles. The first kappa shape index (κ1) is 32.9. The van der Waals surface area contributed by atoms with Gasteiger partial charge in [-0.05, 0) is 91.0 Å². The summed E-state index contributed by atoms with van der Waals surface area (Å²) in [7, 11) is 0. The number of ether oxygens (including phenoxy) is 3. The van der Waals surface area contributed by atoms with Gasteiger partial charge in [0.2, 0.25) is 0 Å². The SMILES string of the molecule is N#Cc1cccc(C#N)c1-c1ccccc1N1c2ccc(N3c4ccccc4Oc4ccccc43)cc2Oc2cc(N3c4ccccc4Oc4ccccc43)ccc21. The largest absolute Gasteiger partial charge is 0.453 e. The molecule has 8 nitrogen and oxygen atoms in total. The van der Waals surface area contributed by atoms with Gasteiger partial charge in [0.25, 0.3) is 0 Å². The molecular weight excluding hydrogens is 719 g/mol. The van der Waals surface area contributed by atoms with E-state index in [0.29, 0.717) is 28.2 Å². The predicted molar refractivity (Wildman–Crippen MR) is 226 cm³/mol. The zero-order valence-electron chi connectivity index (χ0n) is 30.7. The standard InChI is InChI=1S/C50H29N5O3/c51-30-32-12-11-13-33(31-52)50(32)36-14-1-2-15-37(36)55-42-26-24-34(53-38-16-3-7-20-44(38)56-45-21-8-4-17-39(45)53)28-48(42)58-49-29-35(25-27-43(49)55)54-40-18-5-9-22-46(40)57-47-23-10-6-19-41(47)54/h1-29H. The van der Waals surface area contributed by atoms with Gasteiger partial charge in [0.05, 0.1) is 74.5 Å². The van der Waals surface area contributed by atoms with E-state index in [0.717, 1.165) is 79.7 Å². The molecule has 8 heteroatoms. The van der Waals surface area contributed by atoms with E-state index in [1.165, 1.54) is 0 Å². The highest BCUT2D eigenvalue weighted by molar-refractivity contribution is 5.98. The van der Waals surface area contributed by atoms with Crippen molar-refractivity contribution in [2.24, 2.45) is 0 Å². The number of hydrogen-bond donors (Lipinski definition) is 0. The summed E-state index contributed by atoms with van der Waals surface area (Å²) in [5.74, 6) is 4.24. The molecule has 272 valence electrons. The summed E-state index contributed by atoms with van der Waals surface area (Å²) < 4.78 is 19.7. The minimum atomic E-state index is 0.417. The molecule has 3 aliphatic rings. The van der Waals surface area contributed by atoms with E-state index in [1.54, 1.807) is 18.2 Å². The highest BCUT2D eigenvalue weighted by Crippen LogP contribution is 2.58. The average molecular weight is 748 g/mol. The van der Waals surface area contributed by atoms with E-state index in [9.17, 15) is 10.5 Å². The molecule has 0 fully saturated rings. The first-order valence-corrected chi connectivity index (χ1v) is 18.8. The molecule has 0 bridgehead atoms. The molecule has 0 saturated heterocycles. The Morgan fingerprint density at radius 1 is 0.328 bits per heavy atom. The third kappa shape index (κ3) is 5.07. The van der Waals surface area contributed by atoms with Crippen molar-refractivity contribution < 1.29 is 14.2 Å². The van der Waals surface area contributed by atoms with Crippen LogP contribution in [0.3, 0.4) is 0 Å². The van der Waals surface area contributed by atoms with Crippen LogP contribution in [0.2, 0.25) is 0 Å². The lowest BCUT2D eigenvalue weighted by Gasteiger charge is -2.37. The van der Waals surface area contributed by atoms with Gasteiger partial charge in [-0.15, -0.1) is 0 Å². The number of nitriles is 2. The van der Waals surface area contributed by atoms with Crippen molar-refractivity contribution in [3.05, 3.63) is 187 Å². The van der Waals surface area contributed by atoms with Gasteiger partial charge in [0, 0.05) is 23.3 Å². The van der Waals surface area contributed by atoms with Gasteiger partial charge in [-0.2, -0.15) is 10.5 Å². The highest BCUT2D eigenvalue weighted by atomic mass is 16.5. The summed E-state index contributed by atoms with van der Waals surface area (Å²) in [4.78, 5) is 6.53. The molecule has 58 heavy (non-hydrogen) atoms. The van der Waals surface area contributed by atoms with E-state index in [-0.39, 0.29) is 0 Å². The molecule has 3 aliphatic heterocycles. The number of fused-ring (bicyclic) bond motifs is 6. The average Bonchev–Trinajstić information content (AvgIpc) is 3.28. The fraction of sp³-hybridized carbons (Fsp3) is 0. The molecule has 8 aromatic rings. The van der Waals surface area contributed by atoms with E-state index in [1.807, 2.05) is 121 Å². The van der Waals surface area contributed by atoms with Gasteiger partial charge in [-0.1, -0.05) is 72.8 Å². The molecule has 8 aromatic carbocycles. The number of para-hydroxylation sites is 9. The van der Waals surface area contributed by atoms with E-state index < -0.39 is 0 Å². The second-order valence-electron chi connectivity index (χ2n) is 14.0. The molecule has 0 radical (unpaired) electrons. The van der Waals surface area contributed by atoms with Crippen molar-refractivity contribution >= 4 is 51.2 Å². The Balaban J connectivity index is 1.13. The van der Waals surface area contributed by atoms with Gasteiger partial charge in [0.15, 0.2) is 34.5 Å². The zero-order chi connectivity index (χ0) is 38.7. The lowest BCUT2D eigenvalue weighted by molar-refractivity contribution is 0.473. The van der Waals surface area contributed by atoms with Crippen molar-refractivity contribution in [2.45, 2.75) is 0 Å². The molecule has 0 saturated carbocycles. The van der Waals surface area contributed by atoms with Crippen LogP contribution in [0, 0.1) is 22.7 Å². The van der Waals surface area contributed by atoms with Crippen LogP contribution in [0.1, 0.15) is 11.1 Å². The maximum atomic E-state index is 10.3. The molecule has 0 spiro atoms. The minimum Gasteiger partial charge on any atom is -0.453 e. The third-order valence-corrected chi connectivity index (χ3v) is 10.7. The molecule has 0 atom stereocenters. The normalized spacial score (nSPS) is 12.8. The minimum absolute atomic E-state index is 0.417. The maximum Gasteiger partial charge on any atom is 0.153 e. The molecule has 0 N–H and O–H groups in total. The molecular formula is C50H29N5O3. The Morgan fingerprint density at radius 3 is 1.12 bits per heavy atom. The number of nitrogens with zero attached hydrogens (tertiary/aromatic N) is 5. The molecule has 0 unspecified atom stereocenters. The van der Waals surface area contributed by atoms with Crippen molar-refractivity contribution in [1.82, 2.24) is 0 Å². The van der Waals surface area contributed by atoms with Crippen molar-refractivity contribution in [3.8, 4) is 57.8 Å². The zero-order valence-corrected chi connectivity index (χ0v) is 30.7.